The van der Waals surface area contributed by atoms with Crippen molar-refractivity contribution in [3.8, 4) is 0 Å². The zero-order chi connectivity index (χ0) is 13.2. The maximum absolute atomic E-state index is 12.0. The van der Waals surface area contributed by atoms with E-state index in [2.05, 4.69) is 32.9 Å². The van der Waals surface area contributed by atoms with E-state index >= 15 is 0 Å². The molecular formula is C14H10IN3O. The molecule has 19 heavy (non-hydrogen) atoms. The van der Waals surface area contributed by atoms with Gasteiger partial charge in [0.1, 0.15) is 5.65 Å². The molecule has 0 atom stereocenters. The highest BCUT2D eigenvalue weighted by molar-refractivity contribution is 14.1. The minimum absolute atomic E-state index is 0.153. The Kier molecular flexibility index (Phi) is 3.20. The molecule has 2 aromatic heterocycles. The number of halogens is 1. The summed E-state index contributed by atoms with van der Waals surface area (Å²) in [7, 11) is 0. The number of pyridine rings is 1. The fraction of sp³-hybridized carbons (Fsp3) is 0. The van der Waals surface area contributed by atoms with Crippen LogP contribution in [0.25, 0.3) is 5.65 Å². The maximum Gasteiger partial charge on any atom is 0.256 e. The van der Waals surface area contributed by atoms with Crippen LogP contribution < -0.4 is 5.32 Å². The Morgan fingerprint density at radius 1 is 1.16 bits per heavy atom. The highest BCUT2D eigenvalue weighted by Gasteiger charge is 2.08. The van der Waals surface area contributed by atoms with Gasteiger partial charge in [0.05, 0.1) is 6.20 Å². The summed E-state index contributed by atoms with van der Waals surface area (Å²) in [6, 6.07) is 13.1. The molecule has 0 unspecified atom stereocenters. The first-order chi connectivity index (χ1) is 9.22. The number of carbonyl (C=O) groups is 1. The summed E-state index contributed by atoms with van der Waals surface area (Å²) in [5, 5.41) is 2.79. The molecule has 0 fully saturated rings. The molecule has 3 rings (SSSR count). The summed E-state index contributed by atoms with van der Waals surface area (Å²) in [4.78, 5) is 16.4. The molecule has 0 spiro atoms. The Balaban J connectivity index is 1.84. The Morgan fingerprint density at radius 3 is 2.68 bits per heavy atom. The molecular weight excluding hydrogens is 353 g/mol. The maximum atomic E-state index is 12.0. The highest BCUT2D eigenvalue weighted by Crippen LogP contribution is 2.12. The second-order valence-corrected chi connectivity index (χ2v) is 5.30. The van der Waals surface area contributed by atoms with Crippen molar-refractivity contribution in [3.05, 3.63) is 64.0 Å². The van der Waals surface area contributed by atoms with Crippen LogP contribution in [0.4, 0.5) is 5.82 Å². The van der Waals surface area contributed by atoms with E-state index in [9.17, 15) is 4.79 Å². The molecule has 2 heterocycles. The lowest BCUT2D eigenvalue weighted by molar-refractivity contribution is 0.102. The van der Waals surface area contributed by atoms with Crippen molar-refractivity contribution in [3.63, 3.8) is 0 Å². The van der Waals surface area contributed by atoms with Crippen molar-refractivity contribution < 1.29 is 4.79 Å². The number of nitrogens with one attached hydrogen (secondary N) is 1. The van der Waals surface area contributed by atoms with E-state index in [0.29, 0.717) is 11.4 Å². The predicted molar refractivity (Wildman–Crippen MR) is 82.3 cm³/mol. The summed E-state index contributed by atoms with van der Waals surface area (Å²) >= 11 is 2.21. The lowest BCUT2D eigenvalue weighted by Gasteiger charge is -2.01. The van der Waals surface area contributed by atoms with Crippen LogP contribution in [0.15, 0.2) is 54.9 Å². The van der Waals surface area contributed by atoms with Gasteiger partial charge in [-0.15, -0.1) is 0 Å². The molecule has 5 heteroatoms. The van der Waals surface area contributed by atoms with Gasteiger partial charge in [-0.3, -0.25) is 4.79 Å². The number of hydrogen-bond acceptors (Lipinski definition) is 2. The van der Waals surface area contributed by atoms with E-state index in [1.165, 1.54) is 0 Å². The van der Waals surface area contributed by atoms with Crippen LogP contribution in [-0.4, -0.2) is 15.3 Å². The van der Waals surface area contributed by atoms with Gasteiger partial charge in [-0.05, 0) is 59.0 Å². The normalized spacial score (nSPS) is 10.6. The Bertz CT molecular complexity index is 701. The van der Waals surface area contributed by atoms with Crippen molar-refractivity contribution in [1.82, 2.24) is 9.38 Å². The standard InChI is InChI=1S/C14H10IN3O/c15-11-6-4-10(5-7-11)14(19)17-12-9-18-8-2-1-3-13(18)16-12/h1-9H,(H,17,19). The Hall–Kier alpha value is -1.89. The Labute approximate surface area is 123 Å². The molecule has 0 saturated heterocycles. The van der Waals surface area contributed by atoms with E-state index < -0.39 is 0 Å². The molecule has 0 aliphatic carbocycles. The quantitative estimate of drug-likeness (QED) is 0.711. The first-order valence-electron chi connectivity index (χ1n) is 5.73. The average Bonchev–Trinajstić information content (AvgIpc) is 2.81. The molecule has 1 aromatic carbocycles. The van der Waals surface area contributed by atoms with Gasteiger partial charge in [-0.1, -0.05) is 6.07 Å². The number of fused-ring (bicyclic) bond motifs is 1. The first-order valence-corrected chi connectivity index (χ1v) is 6.81. The van der Waals surface area contributed by atoms with Gasteiger partial charge in [-0.25, -0.2) is 4.98 Å². The van der Waals surface area contributed by atoms with Gasteiger partial charge in [0.15, 0.2) is 5.82 Å². The molecule has 0 aliphatic heterocycles. The largest absolute Gasteiger partial charge is 0.305 e. The predicted octanol–water partition coefficient (Wildman–Crippen LogP) is 3.19. The van der Waals surface area contributed by atoms with Crippen LogP contribution in [0.2, 0.25) is 0 Å². The summed E-state index contributed by atoms with van der Waals surface area (Å²) in [5.41, 5.74) is 1.43. The van der Waals surface area contributed by atoms with Crippen molar-refractivity contribution >= 4 is 40.0 Å². The van der Waals surface area contributed by atoms with Gasteiger partial charge in [-0.2, -0.15) is 0 Å². The number of amides is 1. The van der Waals surface area contributed by atoms with Crippen LogP contribution in [0.5, 0.6) is 0 Å². The lowest BCUT2D eigenvalue weighted by Crippen LogP contribution is -2.11. The van der Waals surface area contributed by atoms with Crippen LogP contribution in [0, 0.1) is 3.57 Å². The molecule has 0 bridgehead atoms. The zero-order valence-electron chi connectivity index (χ0n) is 9.88. The molecule has 94 valence electrons. The van der Waals surface area contributed by atoms with Crippen LogP contribution in [0.1, 0.15) is 10.4 Å². The fourth-order valence-corrected chi connectivity index (χ4v) is 2.14. The van der Waals surface area contributed by atoms with Crippen LogP contribution in [0.3, 0.4) is 0 Å². The number of anilines is 1. The minimum atomic E-state index is -0.153. The summed E-state index contributed by atoms with van der Waals surface area (Å²) < 4.78 is 2.96. The number of aromatic nitrogens is 2. The number of imidazole rings is 1. The summed E-state index contributed by atoms with van der Waals surface area (Å²) in [5.74, 6) is 0.398. The van der Waals surface area contributed by atoms with Crippen molar-refractivity contribution in [2.75, 3.05) is 5.32 Å². The first kappa shape index (κ1) is 12.2. The fourth-order valence-electron chi connectivity index (χ4n) is 1.78. The van der Waals surface area contributed by atoms with Gasteiger partial charge < -0.3 is 9.72 Å². The third-order valence-electron chi connectivity index (χ3n) is 2.71. The summed E-state index contributed by atoms with van der Waals surface area (Å²) in [6.07, 6.45) is 3.68. The average molecular weight is 363 g/mol. The Morgan fingerprint density at radius 2 is 1.95 bits per heavy atom. The van der Waals surface area contributed by atoms with Crippen molar-refractivity contribution in [2.24, 2.45) is 0 Å². The molecule has 1 N–H and O–H groups in total. The second-order valence-electron chi connectivity index (χ2n) is 4.05. The molecule has 0 aliphatic rings. The third kappa shape index (κ3) is 2.60. The molecule has 0 saturated carbocycles. The van der Waals surface area contributed by atoms with E-state index in [-0.39, 0.29) is 5.91 Å². The van der Waals surface area contributed by atoms with Crippen LogP contribution >= 0.6 is 22.6 Å². The molecule has 1 amide bonds. The summed E-state index contributed by atoms with van der Waals surface area (Å²) in [6.45, 7) is 0. The number of rotatable bonds is 2. The van der Waals surface area contributed by atoms with Gasteiger partial charge in [0.25, 0.3) is 5.91 Å². The minimum Gasteiger partial charge on any atom is -0.305 e. The van der Waals surface area contributed by atoms with Crippen molar-refractivity contribution in [1.29, 1.82) is 0 Å². The topological polar surface area (TPSA) is 46.4 Å². The number of carbonyl (C=O) groups excluding carboxylic acids is 1. The van der Waals surface area contributed by atoms with Crippen molar-refractivity contribution in [2.45, 2.75) is 0 Å². The second kappa shape index (κ2) is 5.00. The highest BCUT2D eigenvalue weighted by atomic mass is 127. The molecule has 4 nitrogen and oxygen atoms in total. The SMILES string of the molecule is O=C(Nc1cn2ccccc2n1)c1ccc(I)cc1. The number of benzene rings is 1. The molecule has 0 radical (unpaired) electrons. The monoisotopic (exact) mass is 363 g/mol. The van der Waals surface area contributed by atoms with Gasteiger partial charge >= 0.3 is 0 Å². The van der Waals surface area contributed by atoms with E-state index in [1.54, 1.807) is 18.3 Å². The molecule has 3 aromatic rings. The number of nitrogens with zero attached hydrogens (tertiary/aromatic N) is 2. The van der Waals surface area contributed by atoms with E-state index in [0.717, 1.165) is 9.22 Å². The smallest absolute Gasteiger partial charge is 0.256 e. The van der Waals surface area contributed by atoms with E-state index in [4.69, 9.17) is 0 Å². The third-order valence-corrected chi connectivity index (χ3v) is 3.43. The number of hydrogen-bond donors (Lipinski definition) is 1. The van der Waals surface area contributed by atoms with E-state index in [1.807, 2.05) is 40.9 Å². The lowest BCUT2D eigenvalue weighted by atomic mass is 10.2. The van der Waals surface area contributed by atoms with Crippen LogP contribution in [-0.2, 0) is 0 Å². The zero-order valence-corrected chi connectivity index (χ0v) is 12.0. The van der Waals surface area contributed by atoms with Gasteiger partial charge in [0.2, 0.25) is 0 Å². The van der Waals surface area contributed by atoms with Gasteiger partial charge in [0, 0.05) is 15.3 Å².